The first kappa shape index (κ1) is 18.7. The highest BCUT2D eigenvalue weighted by molar-refractivity contribution is 9.11. The van der Waals surface area contributed by atoms with Crippen molar-refractivity contribution < 1.29 is 17.9 Å². The van der Waals surface area contributed by atoms with Gasteiger partial charge in [0, 0.05) is 19.1 Å². The highest BCUT2D eigenvalue weighted by atomic mass is 79.9. The zero-order valence-electron chi connectivity index (χ0n) is 13.3. The van der Waals surface area contributed by atoms with Gasteiger partial charge < -0.3 is 10.1 Å². The maximum absolute atomic E-state index is 12.6. The molecule has 1 amide bonds. The predicted octanol–water partition coefficient (Wildman–Crippen LogP) is 3.19. The number of nitrogens with zero attached hydrogens (tertiary/aromatic N) is 1. The minimum Gasteiger partial charge on any atom is -0.444 e. The molecule has 2 heterocycles. The highest BCUT2D eigenvalue weighted by Gasteiger charge is 2.32. The molecule has 0 spiro atoms. The molecule has 1 aliphatic rings. The summed E-state index contributed by atoms with van der Waals surface area (Å²) in [5, 5.41) is 2.76. The van der Waals surface area contributed by atoms with Crippen LogP contribution in [0.1, 0.15) is 33.6 Å². The average molecular weight is 425 g/mol. The Kier molecular flexibility index (Phi) is 5.76. The van der Waals surface area contributed by atoms with Gasteiger partial charge in [-0.25, -0.2) is 13.2 Å². The van der Waals surface area contributed by atoms with Crippen LogP contribution < -0.4 is 5.32 Å². The number of sulfonamides is 1. The van der Waals surface area contributed by atoms with E-state index in [4.69, 9.17) is 4.74 Å². The van der Waals surface area contributed by atoms with Gasteiger partial charge in [0.15, 0.2) is 0 Å². The summed E-state index contributed by atoms with van der Waals surface area (Å²) in [5.74, 6) is 0. The number of carbonyl (C=O) groups excluding carboxylic acids is 1. The van der Waals surface area contributed by atoms with E-state index in [0.717, 1.165) is 10.2 Å². The molecule has 1 aliphatic heterocycles. The van der Waals surface area contributed by atoms with Crippen LogP contribution in [-0.2, 0) is 14.8 Å². The van der Waals surface area contributed by atoms with Crippen molar-refractivity contribution in [2.75, 3.05) is 13.1 Å². The van der Waals surface area contributed by atoms with Gasteiger partial charge in [0.2, 0.25) is 0 Å². The van der Waals surface area contributed by atoms with E-state index < -0.39 is 21.7 Å². The summed E-state index contributed by atoms with van der Waals surface area (Å²) in [6.45, 7) is 6.10. The Bertz CT molecular complexity index is 667. The molecule has 0 saturated carbocycles. The fraction of sp³-hybridized carbons (Fsp3) is 0.643. The second kappa shape index (κ2) is 7.08. The van der Waals surface area contributed by atoms with Crippen LogP contribution in [0, 0.1) is 0 Å². The van der Waals surface area contributed by atoms with Crippen molar-refractivity contribution in [3.05, 3.63) is 15.9 Å². The van der Waals surface area contributed by atoms with Gasteiger partial charge in [-0.05, 0) is 61.7 Å². The van der Waals surface area contributed by atoms with Crippen LogP contribution in [0.4, 0.5) is 4.79 Å². The first-order chi connectivity index (χ1) is 10.6. The van der Waals surface area contributed by atoms with E-state index in [1.807, 2.05) is 0 Å². The van der Waals surface area contributed by atoms with Crippen LogP contribution in [0.5, 0.6) is 0 Å². The summed E-state index contributed by atoms with van der Waals surface area (Å²) in [5.41, 5.74) is -0.576. The SMILES string of the molecule is CC(C)(C)OC(=O)N[C@@H]1CCCN(S(=O)(=O)c2ccc(Br)s2)C1. The number of hydrogen-bond acceptors (Lipinski definition) is 5. The first-order valence-electron chi connectivity index (χ1n) is 7.33. The summed E-state index contributed by atoms with van der Waals surface area (Å²) in [4.78, 5) is 11.9. The molecule has 0 bridgehead atoms. The fourth-order valence-electron chi connectivity index (χ4n) is 2.32. The number of ether oxygens (including phenoxy) is 1. The second-order valence-electron chi connectivity index (χ2n) is 6.41. The van der Waals surface area contributed by atoms with Gasteiger partial charge in [0.05, 0.1) is 3.79 Å². The zero-order valence-corrected chi connectivity index (χ0v) is 16.6. The Morgan fingerprint density at radius 3 is 2.70 bits per heavy atom. The topological polar surface area (TPSA) is 75.7 Å². The molecule has 0 aliphatic carbocycles. The van der Waals surface area contributed by atoms with E-state index in [-0.39, 0.29) is 12.6 Å². The number of piperidine rings is 1. The molecule has 1 atom stereocenters. The van der Waals surface area contributed by atoms with E-state index in [9.17, 15) is 13.2 Å². The maximum Gasteiger partial charge on any atom is 0.407 e. The van der Waals surface area contributed by atoms with Crippen LogP contribution in [0.25, 0.3) is 0 Å². The Morgan fingerprint density at radius 2 is 2.13 bits per heavy atom. The van der Waals surface area contributed by atoms with E-state index in [1.54, 1.807) is 32.9 Å². The Labute approximate surface area is 149 Å². The number of nitrogens with one attached hydrogen (secondary N) is 1. The van der Waals surface area contributed by atoms with Crippen LogP contribution in [0.2, 0.25) is 0 Å². The highest BCUT2D eigenvalue weighted by Crippen LogP contribution is 2.29. The summed E-state index contributed by atoms with van der Waals surface area (Å²) in [7, 11) is -3.52. The molecule has 1 fully saturated rings. The quantitative estimate of drug-likeness (QED) is 0.807. The first-order valence-corrected chi connectivity index (χ1v) is 10.4. The van der Waals surface area contributed by atoms with Crippen molar-refractivity contribution in [2.45, 2.75) is 49.5 Å². The minimum atomic E-state index is -3.52. The molecule has 0 radical (unpaired) electrons. The lowest BCUT2D eigenvalue weighted by Gasteiger charge is -2.32. The number of thiophene rings is 1. The standard InChI is InChI=1S/C14H21BrN2O4S2/c1-14(2,3)21-13(18)16-10-5-4-8-17(9-10)23(19,20)12-7-6-11(15)22-12/h6-7,10H,4-5,8-9H2,1-3H3,(H,16,18)/t10-/m1/s1. The summed E-state index contributed by atoms with van der Waals surface area (Å²) in [6, 6.07) is 3.07. The maximum atomic E-state index is 12.6. The van der Waals surface area contributed by atoms with Crippen LogP contribution in [-0.4, -0.2) is 43.5 Å². The largest absolute Gasteiger partial charge is 0.444 e. The molecule has 1 saturated heterocycles. The van der Waals surface area contributed by atoms with Crippen molar-refractivity contribution in [1.29, 1.82) is 0 Å². The molecule has 6 nitrogen and oxygen atoms in total. The third kappa shape index (κ3) is 5.17. The number of hydrogen-bond donors (Lipinski definition) is 1. The number of rotatable bonds is 3. The molecule has 0 unspecified atom stereocenters. The second-order valence-corrected chi connectivity index (χ2v) is 11.0. The van der Waals surface area contributed by atoms with E-state index in [0.29, 0.717) is 17.2 Å². The predicted molar refractivity (Wildman–Crippen MR) is 93.2 cm³/mol. The van der Waals surface area contributed by atoms with Gasteiger partial charge in [0.25, 0.3) is 10.0 Å². The molecular formula is C14H21BrN2O4S2. The molecule has 2 rings (SSSR count). The van der Waals surface area contributed by atoms with Crippen LogP contribution >= 0.6 is 27.3 Å². The molecule has 1 aromatic heterocycles. The van der Waals surface area contributed by atoms with Crippen LogP contribution in [0.3, 0.4) is 0 Å². The van der Waals surface area contributed by atoms with E-state index in [1.165, 1.54) is 15.6 Å². The normalized spacial score (nSPS) is 20.3. The minimum absolute atomic E-state index is 0.239. The van der Waals surface area contributed by atoms with Gasteiger partial charge in [-0.15, -0.1) is 11.3 Å². The van der Waals surface area contributed by atoms with Crippen molar-refractivity contribution in [1.82, 2.24) is 9.62 Å². The van der Waals surface area contributed by atoms with E-state index >= 15 is 0 Å². The molecule has 23 heavy (non-hydrogen) atoms. The van der Waals surface area contributed by atoms with Gasteiger partial charge in [-0.2, -0.15) is 4.31 Å². The van der Waals surface area contributed by atoms with Gasteiger partial charge in [-0.1, -0.05) is 0 Å². The lowest BCUT2D eigenvalue weighted by Crippen LogP contribution is -2.50. The third-order valence-electron chi connectivity index (χ3n) is 3.25. The Balaban J connectivity index is 2.02. The van der Waals surface area contributed by atoms with Crippen molar-refractivity contribution >= 4 is 43.4 Å². The Morgan fingerprint density at radius 1 is 1.43 bits per heavy atom. The average Bonchev–Trinajstić information content (AvgIpc) is 2.84. The number of alkyl carbamates (subject to hydrolysis) is 1. The van der Waals surface area contributed by atoms with Gasteiger partial charge in [-0.3, -0.25) is 0 Å². The summed E-state index contributed by atoms with van der Waals surface area (Å²) >= 11 is 4.47. The molecule has 0 aromatic carbocycles. The Hall–Kier alpha value is -0.640. The number of halogens is 1. The number of carbonyl (C=O) groups is 1. The van der Waals surface area contributed by atoms with Crippen LogP contribution in [0.15, 0.2) is 20.1 Å². The molecular weight excluding hydrogens is 404 g/mol. The van der Waals surface area contributed by atoms with E-state index in [2.05, 4.69) is 21.2 Å². The van der Waals surface area contributed by atoms with Gasteiger partial charge >= 0.3 is 6.09 Å². The summed E-state index contributed by atoms with van der Waals surface area (Å²) in [6.07, 6.45) is 0.923. The molecule has 9 heteroatoms. The summed E-state index contributed by atoms with van der Waals surface area (Å²) < 4.78 is 33.0. The number of amides is 1. The zero-order chi connectivity index (χ0) is 17.3. The smallest absolute Gasteiger partial charge is 0.407 e. The lowest BCUT2D eigenvalue weighted by atomic mass is 10.1. The van der Waals surface area contributed by atoms with Crippen molar-refractivity contribution in [3.8, 4) is 0 Å². The molecule has 1 aromatic rings. The monoisotopic (exact) mass is 424 g/mol. The molecule has 1 N–H and O–H groups in total. The molecule has 130 valence electrons. The lowest BCUT2D eigenvalue weighted by molar-refractivity contribution is 0.0487. The fourth-order valence-corrected chi connectivity index (χ4v) is 6.00. The third-order valence-corrected chi connectivity index (χ3v) is 7.20. The van der Waals surface area contributed by atoms with Crippen molar-refractivity contribution in [2.24, 2.45) is 0 Å². The van der Waals surface area contributed by atoms with Gasteiger partial charge in [0.1, 0.15) is 9.81 Å². The van der Waals surface area contributed by atoms with Crippen molar-refractivity contribution in [3.63, 3.8) is 0 Å².